The maximum atomic E-state index is 11.9. The molecule has 2 heterocycles. The van der Waals surface area contributed by atoms with Crippen molar-refractivity contribution in [3.05, 3.63) is 0 Å². The van der Waals surface area contributed by atoms with Crippen LogP contribution in [0.1, 0.15) is 60.3 Å². The van der Waals surface area contributed by atoms with Crippen LogP contribution >= 0.6 is 0 Å². The number of esters is 1. The summed E-state index contributed by atoms with van der Waals surface area (Å²) in [4.78, 5) is 11.9. The van der Waals surface area contributed by atoms with Crippen LogP contribution in [-0.4, -0.2) is 41.8 Å². The first-order valence-electron chi connectivity index (χ1n) is 8.82. The Labute approximate surface area is 139 Å². The Morgan fingerprint density at radius 3 is 2.57 bits per heavy atom. The van der Waals surface area contributed by atoms with Crippen molar-refractivity contribution in [1.82, 2.24) is 0 Å². The molecule has 2 aliphatic heterocycles. The number of carbonyl (C=O) groups excluding carboxylic acids is 1. The molecule has 0 aromatic rings. The molecule has 5 nitrogen and oxygen atoms in total. The average Bonchev–Trinajstić information content (AvgIpc) is 2.51. The van der Waals surface area contributed by atoms with Crippen molar-refractivity contribution in [3.8, 4) is 0 Å². The van der Waals surface area contributed by atoms with E-state index >= 15 is 0 Å². The van der Waals surface area contributed by atoms with Crippen molar-refractivity contribution >= 4 is 5.97 Å². The first-order valence-corrected chi connectivity index (χ1v) is 8.82. The van der Waals surface area contributed by atoms with Gasteiger partial charge >= 0.3 is 5.97 Å². The van der Waals surface area contributed by atoms with Crippen molar-refractivity contribution in [3.63, 3.8) is 0 Å². The number of rotatable bonds is 3. The summed E-state index contributed by atoms with van der Waals surface area (Å²) in [7, 11) is 1.41. The fourth-order valence-corrected chi connectivity index (χ4v) is 4.24. The Kier molecular flexibility index (Phi) is 5.44. The van der Waals surface area contributed by atoms with Gasteiger partial charge in [0.15, 0.2) is 5.79 Å². The minimum atomic E-state index is -0.824. The highest BCUT2D eigenvalue weighted by Crippen LogP contribution is 2.48. The zero-order chi connectivity index (χ0) is 17.4. The molecular formula is C18H32O5. The van der Waals surface area contributed by atoms with E-state index in [2.05, 4.69) is 13.8 Å². The Morgan fingerprint density at radius 2 is 2.00 bits per heavy atom. The predicted molar refractivity (Wildman–Crippen MR) is 86.8 cm³/mol. The first-order chi connectivity index (χ1) is 10.7. The molecule has 134 valence electrons. The van der Waals surface area contributed by atoms with Gasteiger partial charge in [-0.3, -0.25) is 4.79 Å². The highest BCUT2D eigenvalue weighted by molar-refractivity contribution is 5.72. The fraction of sp³-hybridized carbons (Fsp3) is 0.944. The molecule has 0 bridgehead atoms. The summed E-state index contributed by atoms with van der Waals surface area (Å²) in [5.74, 6) is -0.797. The molecule has 2 saturated heterocycles. The van der Waals surface area contributed by atoms with E-state index in [0.29, 0.717) is 12.8 Å². The molecule has 2 rings (SSSR count). The van der Waals surface area contributed by atoms with Gasteiger partial charge in [0, 0.05) is 12.3 Å². The lowest BCUT2D eigenvalue weighted by atomic mass is 9.75. The molecule has 1 spiro atoms. The van der Waals surface area contributed by atoms with Crippen LogP contribution < -0.4 is 0 Å². The van der Waals surface area contributed by atoms with Crippen molar-refractivity contribution in [2.24, 2.45) is 17.8 Å². The first kappa shape index (κ1) is 18.7. The molecule has 0 radical (unpaired) electrons. The van der Waals surface area contributed by atoms with E-state index in [0.717, 1.165) is 12.8 Å². The number of carbonyl (C=O) groups is 1. The summed E-state index contributed by atoms with van der Waals surface area (Å²) in [5.41, 5.74) is -0.824. The average molecular weight is 328 g/mol. The molecule has 23 heavy (non-hydrogen) atoms. The fourth-order valence-electron chi connectivity index (χ4n) is 4.24. The van der Waals surface area contributed by atoms with Crippen LogP contribution in [0.5, 0.6) is 0 Å². The monoisotopic (exact) mass is 328 g/mol. The van der Waals surface area contributed by atoms with Crippen LogP contribution in [0.2, 0.25) is 0 Å². The number of hydrogen-bond donors (Lipinski definition) is 1. The quantitative estimate of drug-likeness (QED) is 0.807. The largest absolute Gasteiger partial charge is 0.469 e. The van der Waals surface area contributed by atoms with E-state index < -0.39 is 11.4 Å². The lowest BCUT2D eigenvalue weighted by Gasteiger charge is -2.55. The second kappa shape index (κ2) is 6.69. The lowest BCUT2D eigenvalue weighted by molar-refractivity contribution is -0.372. The van der Waals surface area contributed by atoms with E-state index in [9.17, 15) is 9.90 Å². The van der Waals surface area contributed by atoms with Crippen LogP contribution in [0.15, 0.2) is 0 Å². The summed E-state index contributed by atoms with van der Waals surface area (Å²) in [5, 5.41) is 10.5. The molecule has 0 aromatic carbocycles. The van der Waals surface area contributed by atoms with E-state index in [1.165, 1.54) is 7.11 Å². The molecule has 2 aliphatic rings. The summed E-state index contributed by atoms with van der Waals surface area (Å²) in [6.07, 6.45) is 2.49. The topological polar surface area (TPSA) is 65.0 Å². The Hall–Kier alpha value is -0.650. The molecule has 0 amide bonds. The minimum absolute atomic E-state index is 0.223. The van der Waals surface area contributed by atoms with Crippen molar-refractivity contribution in [1.29, 1.82) is 0 Å². The highest BCUT2D eigenvalue weighted by atomic mass is 16.7. The third kappa shape index (κ3) is 3.42. The number of hydrogen-bond acceptors (Lipinski definition) is 5. The van der Waals surface area contributed by atoms with Crippen LogP contribution in [0.25, 0.3) is 0 Å². The predicted octanol–water partition coefficient (Wildman–Crippen LogP) is 2.89. The maximum absolute atomic E-state index is 11.9. The molecule has 7 atom stereocenters. The van der Waals surface area contributed by atoms with Gasteiger partial charge in [0.05, 0.1) is 30.8 Å². The zero-order valence-corrected chi connectivity index (χ0v) is 15.3. The van der Waals surface area contributed by atoms with Gasteiger partial charge in [-0.1, -0.05) is 20.8 Å². The van der Waals surface area contributed by atoms with Gasteiger partial charge in [-0.05, 0) is 39.0 Å². The van der Waals surface area contributed by atoms with Gasteiger partial charge in [-0.15, -0.1) is 0 Å². The van der Waals surface area contributed by atoms with E-state index in [1.54, 1.807) is 0 Å². The second-order valence-electron chi connectivity index (χ2n) is 7.69. The van der Waals surface area contributed by atoms with Gasteiger partial charge in [-0.2, -0.15) is 0 Å². The van der Waals surface area contributed by atoms with Crippen molar-refractivity contribution in [2.45, 2.75) is 83.9 Å². The molecule has 5 heteroatoms. The van der Waals surface area contributed by atoms with Crippen LogP contribution in [0.4, 0.5) is 0 Å². The van der Waals surface area contributed by atoms with Gasteiger partial charge in [0.2, 0.25) is 0 Å². The van der Waals surface area contributed by atoms with E-state index in [-0.39, 0.29) is 35.9 Å². The normalized spacial score (nSPS) is 45.7. The van der Waals surface area contributed by atoms with Gasteiger partial charge in [0.1, 0.15) is 0 Å². The summed E-state index contributed by atoms with van der Waals surface area (Å²) >= 11 is 0. The number of ether oxygens (including phenoxy) is 3. The molecule has 0 aromatic heterocycles. The Bertz CT molecular complexity index is 435. The van der Waals surface area contributed by atoms with Crippen molar-refractivity contribution < 1.29 is 24.1 Å². The van der Waals surface area contributed by atoms with Crippen LogP contribution in [0.3, 0.4) is 0 Å². The standard InChI is InChI=1S/C18H32O5/c1-7-14-17(5,20)8-9-18(22-14)12(3)10-11(2)15(23-18)13(4)16(19)21-6/h11-15,20H,7-10H2,1-6H3/t11-,12?,13+,14-,15-,17+,18-/m0/s1. The number of methoxy groups -OCH3 is 1. The maximum Gasteiger partial charge on any atom is 0.311 e. The van der Waals surface area contributed by atoms with E-state index in [1.807, 2.05) is 20.8 Å². The zero-order valence-electron chi connectivity index (χ0n) is 15.3. The molecular weight excluding hydrogens is 296 g/mol. The van der Waals surface area contributed by atoms with Gasteiger partial charge in [0.25, 0.3) is 0 Å². The van der Waals surface area contributed by atoms with Crippen molar-refractivity contribution in [2.75, 3.05) is 7.11 Å². The molecule has 0 saturated carbocycles. The van der Waals surface area contributed by atoms with Crippen LogP contribution in [-0.2, 0) is 19.0 Å². The smallest absolute Gasteiger partial charge is 0.311 e. The Balaban J connectivity index is 2.22. The molecule has 1 N–H and O–H groups in total. The molecule has 1 unspecified atom stereocenters. The Morgan fingerprint density at radius 1 is 1.35 bits per heavy atom. The van der Waals surface area contributed by atoms with Crippen LogP contribution in [0, 0.1) is 17.8 Å². The summed E-state index contributed by atoms with van der Waals surface area (Å²) < 4.78 is 17.6. The third-order valence-electron chi connectivity index (χ3n) is 5.82. The SMILES string of the molecule is CC[C@@H]1O[C@@]2(CC[C@@]1(C)O)O[C@H]([C@@H](C)C(=O)OC)[C@@H](C)CC2C. The lowest BCUT2D eigenvalue weighted by Crippen LogP contribution is -2.61. The summed E-state index contributed by atoms with van der Waals surface area (Å²) in [6, 6.07) is 0. The molecule has 0 aliphatic carbocycles. The second-order valence-corrected chi connectivity index (χ2v) is 7.69. The summed E-state index contributed by atoms with van der Waals surface area (Å²) in [6.45, 7) is 9.96. The molecule has 2 fully saturated rings. The minimum Gasteiger partial charge on any atom is -0.469 e. The van der Waals surface area contributed by atoms with Gasteiger partial charge < -0.3 is 19.3 Å². The van der Waals surface area contributed by atoms with E-state index in [4.69, 9.17) is 14.2 Å². The number of aliphatic hydroxyl groups is 1. The highest BCUT2D eigenvalue weighted by Gasteiger charge is 2.55. The third-order valence-corrected chi connectivity index (χ3v) is 5.82. The van der Waals surface area contributed by atoms with Gasteiger partial charge in [-0.25, -0.2) is 0 Å².